The third-order valence-electron chi connectivity index (χ3n) is 6.07. The second-order valence-electron chi connectivity index (χ2n) is 8.97. The summed E-state index contributed by atoms with van der Waals surface area (Å²) in [4.78, 5) is 29.0. The minimum absolute atomic E-state index is 0.0453. The number of carbonyl (C=O) groups excluding carboxylic acids is 1. The van der Waals surface area contributed by atoms with Crippen molar-refractivity contribution in [3.05, 3.63) is 103 Å². The van der Waals surface area contributed by atoms with E-state index in [0.29, 0.717) is 45.5 Å². The van der Waals surface area contributed by atoms with Gasteiger partial charge in [0.15, 0.2) is 5.43 Å². The van der Waals surface area contributed by atoms with E-state index in [1.165, 1.54) is 0 Å². The first-order valence-electron chi connectivity index (χ1n) is 11.4. The lowest BCUT2D eigenvalue weighted by atomic mass is 9.98. The third kappa shape index (κ3) is 4.48. The van der Waals surface area contributed by atoms with Crippen LogP contribution in [0.2, 0.25) is 5.02 Å². The van der Waals surface area contributed by atoms with Crippen molar-refractivity contribution in [3.63, 3.8) is 0 Å². The molecule has 7 heteroatoms. The van der Waals surface area contributed by atoms with Gasteiger partial charge in [0.25, 0.3) is 5.91 Å². The largest absolute Gasteiger partial charge is 0.494 e. The van der Waals surface area contributed by atoms with Gasteiger partial charge in [-0.2, -0.15) is 0 Å². The molecule has 1 atom stereocenters. The number of anilines is 1. The van der Waals surface area contributed by atoms with Crippen LogP contribution in [-0.2, 0) is 0 Å². The Morgan fingerprint density at radius 3 is 2.57 bits per heavy atom. The van der Waals surface area contributed by atoms with Gasteiger partial charge in [0.1, 0.15) is 11.3 Å². The maximum Gasteiger partial charge on any atom is 0.295 e. The first-order chi connectivity index (χ1) is 16.8. The Hall–Kier alpha value is -3.09. The highest BCUT2D eigenvalue weighted by molar-refractivity contribution is 9.10. The molecule has 0 aliphatic carbocycles. The first kappa shape index (κ1) is 23.6. The smallest absolute Gasteiger partial charge is 0.295 e. The Labute approximate surface area is 216 Å². The molecule has 0 radical (unpaired) electrons. The van der Waals surface area contributed by atoms with Crippen molar-refractivity contribution in [1.29, 1.82) is 0 Å². The molecule has 3 aromatic carbocycles. The molecule has 4 aromatic rings. The SMILES string of the molecule is CC(C)CCOc1cccc(C2c3c(oc4ccc(Cl)cc4c3=O)C(=O)N2c2ccc(Br)cc2)c1. The van der Waals surface area contributed by atoms with Crippen LogP contribution in [0.25, 0.3) is 11.0 Å². The number of amides is 1. The van der Waals surface area contributed by atoms with Crippen LogP contribution < -0.4 is 15.1 Å². The van der Waals surface area contributed by atoms with E-state index < -0.39 is 6.04 Å². The van der Waals surface area contributed by atoms with Crippen molar-refractivity contribution < 1.29 is 13.9 Å². The molecule has 1 aliphatic heterocycles. The van der Waals surface area contributed by atoms with E-state index in [9.17, 15) is 9.59 Å². The Morgan fingerprint density at radius 1 is 1.06 bits per heavy atom. The number of hydrogen-bond acceptors (Lipinski definition) is 4. The van der Waals surface area contributed by atoms with Crippen molar-refractivity contribution in [2.45, 2.75) is 26.3 Å². The summed E-state index contributed by atoms with van der Waals surface area (Å²) in [6.07, 6.45) is 0.927. The number of nitrogens with zero attached hydrogens (tertiary/aromatic N) is 1. The zero-order valence-corrected chi connectivity index (χ0v) is 21.6. The molecule has 0 saturated heterocycles. The van der Waals surface area contributed by atoms with Crippen molar-refractivity contribution in [2.75, 3.05) is 11.5 Å². The normalized spacial score (nSPS) is 15.2. The van der Waals surface area contributed by atoms with Gasteiger partial charge in [-0.3, -0.25) is 14.5 Å². The van der Waals surface area contributed by atoms with Gasteiger partial charge in [-0.05, 0) is 72.5 Å². The summed E-state index contributed by atoms with van der Waals surface area (Å²) >= 11 is 9.62. The predicted octanol–water partition coefficient (Wildman–Crippen LogP) is 7.38. The average molecular weight is 553 g/mol. The summed E-state index contributed by atoms with van der Waals surface area (Å²) in [5.41, 5.74) is 1.77. The van der Waals surface area contributed by atoms with Gasteiger partial charge in [0, 0.05) is 15.2 Å². The van der Waals surface area contributed by atoms with Gasteiger partial charge in [0.2, 0.25) is 5.76 Å². The second-order valence-corrected chi connectivity index (χ2v) is 10.3. The number of ether oxygens (including phenoxy) is 1. The molecule has 178 valence electrons. The molecule has 1 aromatic heterocycles. The molecule has 1 unspecified atom stereocenters. The summed E-state index contributed by atoms with van der Waals surface area (Å²) in [6.45, 7) is 4.88. The van der Waals surface area contributed by atoms with Crippen molar-refractivity contribution in [1.82, 2.24) is 0 Å². The minimum atomic E-state index is -0.674. The molecule has 1 amide bonds. The molecule has 0 bridgehead atoms. The Kier molecular flexibility index (Phi) is 6.43. The number of benzene rings is 3. The van der Waals surface area contributed by atoms with E-state index in [-0.39, 0.29) is 17.1 Å². The molecule has 1 aliphatic rings. The summed E-state index contributed by atoms with van der Waals surface area (Å²) in [7, 11) is 0. The molecule has 35 heavy (non-hydrogen) atoms. The third-order valence-corrected chi connectivity index (χ3v) is 6.84. The van der Waals surface area contributed by atoms with Gasteiger partial charge in [-0.1, -0.05) is 53.5 Å². The molecule has 0 N–H and O–H groups in total. The van der Waals surface area contributed by atoms with Crippen LogP contribution in [-0.4, -0.2) is 12.5 Å². The molecule has 2 heterocycles. The predicted molar refractivity (Wildman–Crippen MR) is 142 cm³/mol. The minimum Gasteiger partial charge on any atom is -0.494 e. The number of hydrogen-bond donors (Lipinski definition) is 0. The van der Waals surface area contributed by atoms with E-state index in [1.54, 1.807) is 23.1 Å². The number of rotatable bonds is 6. The van der Waals surface area contributed by atoms with E-state index in [1.807, 2.05) is 48.5 Å². The Morgan fingerprint density at radius 2 is 1.83 bits per heavy atom. The number of halogens is 2. The van der Waals surface area contributed by atoms with Gasteiger partial charge < -0.3 is 9.15 Å². The van der Waals surface area contributed by atoms with E-state index in [0.717, 1.165) is 16.5 Å². The number of fused-ring (bicyclic) bond motifs is 2. The fourth-order valence-corrected chi connectivity index (χ4v) is 4.75. The highest BCUT2D eigenvalue weighted by atomic mass is 79.9. The Balaban J connectivity index is 1.68. The van der Waals surface area contributed by atoms with Crippen LogP contribution >= 0.6 is 27.5 Å². The van der Waals surface area contributed by atoms with Crippen LogP contribution in [0.3, 0.4) is 0 Å². The monoisotopic (exact) mass is 551 g/mol. The summed E-state index contributed by atoms with van der Waals surface area (Å²) in [5.74, 6) is 0.888. The quantitative estimate of drug-likeness (QED) is 0.250. The zero-order valence-electron chi connectivity index (χ0n) is 19.3. The average Bonchev–Trinajstić information content (AvgIpc) is 3.13. The Bertz CT molecular complexity index is 1480. The maximum atomic E-state index is 13.7. The lowest BCUT2D eigenvalue weighted by Gasteiger charge is -2.25. The number of carbonyl (C=O) groups is 1. The summed E-state index contributed by atoms with van der Waals surface area (Å²) < 4.78 is 12.9. The van der Waals surface area contributed by atoms with Crippen LogP contribution in [0.4, 0.5) is 5.69 Å². The van der Waals surface area contributed by atoms with E-state index in [2.05, 4.69) is 29.8 Å². The highest BCUT2D eigenvalue weighted by Crippen LogP contribution is 2.42. The molecular weight excluding hydrogens is 530 g/mol. The van der Waals surface area contributed by atoms with Gasteiger partial charge >= 0.3 is 0 Å². The molecule has 5 rings (SSSR count). The lowest BCUT2D eigenvalue weighted by molar-refractivity contribution is 0.0971. The van der Waals surface area contributed by atoms with E-state index >= 15 is 0 Å². The lowest BCUT2D eigenvalue weighted by Crippen LogP contribution is -2.29. The first-order valence-corrected chi connectivity index (χ1v) is 12.6. The topological polar surface area (TPSA) is 59.8 Å². The van der Waals surface area contributed by atoms with Crippen LogP contribution in [0, 0.1) is 5.92 Å². The van der Waals surface area contributed by atoms with Gasteiger partial charge in [-0.25, -0.2) is 0 Å². The van der Waals surface area contributed by atoms with Crippen LogP contribution in [0.15, 0.2) is 80.4 Å². The molecule has 5 nitrogen and oxygen atoms in total. The van der Waals surface area contributed by atoms with Crippen molar-refractivity contribution in [2.24, 2.45) is 5.92 Å². The molecular formula is C28H23BrClNO4. The van der Waals surface area contributed by atoms with Gasteiger partial charge in [0.05, 0.1) is 23.6 Å². The van der Waals surface area contributed by atoms with Crippen LogP contribution in [0.1, 0.15) is 48.0 Å². The zero-order chi connectivity index (χ0) is 24.7. The highest BCUT2D eigenvalue weighted by Gasteiger charge is 2.43. The standard InChI is InChI=1S/C28H23BrClNO4/c1-16(2)12-13-34-21-5-3-4-17(14-21)25-24-26(32)22-15-19(30)8-11-23(22)35-27(24)28(33)31(25)20-9-6-18(29)7-10-20/h3-11,14-16,25H,12-13H2,1-2H3. The maximum absolute atomic E-state index is 13.7. The van der Waals surface area contributed by atoms with Crippen molar-refractivity contribution >= 4 is 50.1 Å². The van der Waals surface area contributed by atoms with Gasteiger partial charge in [-0.15, -0.1) is 0 Å². The molecule has 0 spiro atoms. The molecule has 0 saturated carbocycles. The van der Waals surface area contributed by atoms with Crippen LogP contribution in [0.5, 0.6) is 5.75 Å². The van der Waals surface area contributed by atoms with E-state index in [4.69, 9.17) is 20.8 Å². The fraction of sp³-hybridized carbons (Fsp3) is 0.214. The summed E-state index contributed by atoms with van der Waals surface area (Å²) in [5, 5.41) is 0.770. The second kappa shape index (κ2) is 9.51. The fourth-order valence-electron chi connectivity index (χ4n) is 4.32. The molecule has 0 fully saturated rings. The van der Waals surface area contributed by atoms with Crippen molar-refractivity contribution in [3.8, 4) is 5.75 Å². The summed E-state index contributed by atoms with van der Waals surface area (Å²) in [6, 6.07) is 19.1.